The molecule has 0 unspecified atom stereocenters. The predicted octanol–water partition coefficient (Wildman–Crippen LogP) is 0.988. The van der Waals surface area contributed by atoms with Crippen molar-refractivity contribution in [3.05, 3.63) is 23.7 Å². The molecule has 2 N–H and O–H groups in total. The van der Waals surface area contributed by atoms with Gasteiger partial charge < -0.3 is 15.5 Å². The van der Waals surface area contributed by atoms with E-state index in [2.05, 4.69) is 10.3 Å². The summed E-state index contributed by atoms with van der Waals surface area (Å²) in [7, 11) is 0. The van der Waals surface area contributed by atoms with Gasteiger partial charge in [-0.1, -0.05) is 0 Å². The highest BCUT2D eigenvalue weighted by Gasteiger charge is 2.18. The van der Waals surface area contributed by atoms with Crippen molar-refractivity contribution in [2.75, 3.05) is 6.61 Å². The standard InChI is InChI=1S/C10H13N3O2/c1-3-15-10(14)9(7(2)11)8-6-12-4-5-13-8/h4-6,11,13H,3H2,1-2H3/b9-8+,11-7?. The fraction of sp³-hybridized carbons (Fsp3) is 0.300. The van der Waals surface area contributed by atoms with Crippen LogP contribution in [0.2, 0.25) is 0 Å². The topological polar surface area (TPSA) is 74.5 Å². The first-order valence-electron chi connectivity index (χ1n) is 4.58. The van der Waals surface area contributed by atoms with Gasteiger partial charge >= 0.3 is 5.97 Å². The first kappa shape index (κ1) is 11.2. The maximum atomic E-state index is 11.5. The molecule has 0 aliphatic carbocycles. The number of aliphatic imine (C=N–C) groups is 1. The van der Waals surface area contributed by atoms with Gasteiger partial charge in [0.1, 0.15) is 5.57 Å². The minimum atomic E-state index is -0.505. The summed E-state index contributed by atoms with van der Waals surface area (Å²) < 4.78 is 4.86. The number of esters is 1. The van der Waals surface area contributed by atoms with E-state index in [-0.39, 0.29) is 17.9 Å². The summed E-state index contributed by atoms with van der Waals surface area (Å²) in [5, 5.41) is 10.4. The lowest BCUT2D eigenvalue weighted by Gasteiger charge is -2.11. The van der Waals surface area contributed by atoms with Gasteiger partial charge in [0.15, 0.2) is 0 Å². The molecule has 0 saturated carbocycles. The number of rotatable bonds is 3. The molecule has 0 fully saturated rings. The third kappa shape index (κ3) is 2.77. The van der Waals surface area contributed by atoms with E-state index in [1.807, 2.05) is 0 Å². The van der Waals surface area contributed by atoms with Crippen LogP contribution in [-0.4, -0.2) is 24.5 Å². The molecule has 5 heteroatoms. The second kappa shape index (κ2) is 5.09. The van der Waals surface area contributed by atoms with Gasteiger partial charge in [-0.15, -0.1) is 0 Å². The Hall–Kier alpha value is -1.91. The average Bonchev–Trinajstić information content (AvgIpc) is 2.19. The van der Waals surface area contributed by atoms with Crippen LogP contribution in [-0.2, 0) is 9.53 Å². The molecule has 0 aromatic heterocycles. The van der Waals surface area contributed by atoms with Crippen LogP contribution in [0.5, 0.6) is 0 Å². The molecule has 1 aliphatic heterocycles. The van der Waals surface area contributed by atoms with Crippen LogP contribution in [0.15, 0.2) is 28.7 Å². The van der Waals surface area contributed by atoms with Crippen LogP contribution >= 0.6 is 0 Å². The second-order valence-corrected chi connectivity index (χ2v) is 2.87. The summed E-state index contributed by atoms with van der Waals surface area (Å²) in [4.78, 5) is 15.4. The maximum Gasteiger partial charge on any atom is 0.342 e. The van der Waals surface area contributed by atoms with Gasteiger partial charge in [0.25, 0.3) is 0 Å². The Balaban J connectivity index is 3.01. The number of nitrogens with zero attached hydrogens (tertiary/aromatic N) is 1. The zero-order valence-corrected chi connectivity index (χ0v) is 8.70. The lowest BCUT2D eigenvalue weighted by atomic mass is 10.1. The molecule has 80 valence electrons. The van der Waals surface area contributed by atoms with Crippen LogP contribution < -0.4 is 5.32 Å². The molecule has 0 spiro atoms. The second-order valence-electron chi connectivity index (χ2n) is 2.87. The van der Waals surface area contributed by atoms with Crippen molar-refractivity contribution in [3.8, 4) is 0 Å². The summed E-state index contributed by atoms with van der Waals surface area (Å²) in [6.45, 7) is 3.55. The van der Waals surface area contributed by atoms with Crippen molar-refractivity contribution in [3.63, 3.8) is 0 Å². The molecule has 15 heavy (non-hydrogen) atoms. The van der Waals surface area contributed by atoms with E-state index in [0.29, 0.717) is 5.70 Å². The lowest BCUT2D eigenvalue weighted by molar-refractivity contribution is -0.137. The van der Waals surface area contributed by atoms with Gasteiger partial charge in [-0.25, -0.2) is 4.79 Å². The lowest BCUT2D eigenvalue weighted by Crippen LogP contribution is -2.22. The Bertz CT molecular complexity index is 367. The van der Waals surface area contributed by atoms with E-state index in [0.717, 1.165) is 0 Å². The summed E-state index contributed by atoms with van der Waals surface area (Å²) in [5.74, 6) is -0.505. The SMILES string of the molecule is CCOC(=O)/C(C(C)=N)=C1\C=NC=CN1. The maximum absolute atomic E-state index is 11.5. The quantitative estimate of drug-likeness (QED) is 0.411. The van der Waals surface area contributed by atoms with Gasteiger partial charge in [0.05, 0.1) is 18.5 Å². The van der Waals surface area contributed by atoms with Gasteiger partial charge in [-0.3, -0.25) is 4.99 Å². The Morgan fingerprint density at radius 1 is 1.67 bits per heavy atom. The molecule has 1 aliphatic rings. The highest BCUT2D eigenvalue weighted by atomic mass is 16.5. The average molecular weight is 207 g/mol. The van der Waals surface area contributed by atoms with E-state index in [4.69, 9.17) is 10.1 Å². The van der Waals surface area contributed by atoms with Gasteiger partial charge in [-0.05, 0) is 13.8 Å². The summed E-state index contributed by atoms with van der Waals surface area (Å²) in [6.07, 6.45) is 4.65. The molecular weight excluding hydrogens is 194 g/mol. The van der Waals surface area contributed by atoms with Gasteiger partial charge in [0.2, 0.25) is 0 Å². The van der Waals surface area contributed by atoms with Crippen molar-refractivity contribution >= 4 is 17.9 Å². The van der Waals surface area contributed by atoms with E-state index in [9.17, 15) is 4.79 Å². The highest BCUT2D eigenvalue weighted by molar-refractivity contribution is 6.20. The Labute approximate surface area is 88.0 Å². The largest absolute Gasteiger partial charge is 0.462 e. The van der Waals surface area contributed by atoms with E-state index in [1.54, 1.807) is 19.3 Å². The normalized spacial score (nSPS) is 16.9. The molecule has 0 aromatic rings. The van der Waals surface area contributed by atoms with Crippen LogP contribution in [0.3, 0.4) is 0 Å². The van der Waals surface area contributed by atoms with Crippen LogP contribution in [0.25, 0.3) is 0 Å². The fourth-order valence-electron chi connectivity index (χ4n) is 1.13. The molecule has 0 amide bonds. The Morgan fingerprint density at radius 2 is 2.40 bits per heavy atom. The van der Waals surface area contributed by atoms with Crippen molar-refractivity contribution in [2.45, 2.75) is 13.8 Å². The van der Waals surface area contributed by atoms with E-state index in [1.165, 1.54) is 13.1 Å². The first-order chi connectivity index (χ1) is 7.16. The number of hydrogen-bond donors (Lipinski definition) is 2. The summed E-state index contributed by atoms with van der Waals surface area (Å²) >= 11 is 0. The third-order valence-electron chi connectivity index (χ3n) is 1.73. The van der Waals surface area contributed by atoms with Crippen molar-refractivity contribution in [2.24, 2.45) is 4.99 Å². The molecular formula is C10H13N3O2. The van der Waals surface area contributed by atoms with Crippen LogP contribution in [0.1, 0.15) is 13.8 Å². The monoisotopic (exact) mass is 207 g/mol. The smallest absolute Gasteiger partial charge is 0.342 e. The minimum Gasteiger partial charge on any atom is -0.462 e. The fourth-order valence-corrected chi connectivity index (χ4v) is 1.13. The summed E-state index contributed by atoms with van der Waals surface area (Å²) in [6, 6.07) is 0. The van der Waals surface area contributed by atoms with Crippen LogP contribution in [0, 0.1) is 5.41 Å². The summed E-state index contributed by atoms with van der Waals surface area (Å²) in [5.41, 5.74) is 0.853. The molecule has 0 radical (unpaired) electrons. The zero-order valence-electron chi connectivity index (χ0n) is 8.70. The molecule has 1 heterocycles. The number of ether oxygens (including phenoxy) is 1. The number of carbonyl (C=O) groups excluding carboxylic acids is 1. The highest BCUT2D eigenvalue weighted by Crippen LogP contribution is 2.07. The van der Waals surface area contributed by atoms with Crippen molar-refractivity contribution < 1.29 is 9.53 Å². The van der Waals surface area contributed by atoms with E-state index >= 15 is 0 Å². The molecule has 0 atom stereocenters. The number of nitrogens with one attached hydrogen (secondary N) is 2. The third-order valence-corrected chi connectivity index (χ3v) is 1.73. The zero-order chi connectivity index (χ0) is 11.3. The van der Waals surface area contributed by atoms with E-state index < -0.39 is 5.97 Å². The van der Waals surface area contributed by atoms with Gasteiger partial charge in [0, 0.05) is 18.1 Å². The molecule has 0 bridgehead atoms. The van der Waals surface area contributed by atoms with Gasteiger partial charge in [-0.2, -0.15) is 0 Å². The van der Waals surface area contributed by atoms with Crippen LogP contribution in [0.4, 0.5) is 0 Å². The number of carbonyl (C=O) groups is 1. The van der Waals surface area contributed by atoms with Crippen molar-refractivity contribution in [1.82, 2.24) is 5.32 Å². The molecule has 1 rings (SSSR count). The first-order valence-corrected chi connectivity index (χ1v) is 4.58. The molecule has 0 aromatic carbocycles. The van der Waals surface area contributed by atoms with Crippen molar-refractivity contribution in [1.29, 1.82) is 5.41 Å². The Kier molecular flexibility index (Phi) is 3.79. The Morgan fingerprint density at radius 3 is 2.87 bits per heavy atom. The number of hydrogen-bond acceptors (Lipinski definition) is 5. The minimum absolute atomic E-state index is 0.151. The molecule has 0 saturated heterocycles. The molecule has 5 nitrogen and oxygen atoms in total. The predicted molar refractivity (Wildman–Crippen MR) is 57.8 cm³/mol. The number of allylic oxidation sites excluding steroid dienone is 1.